The first-order chi connectivity index (χ1) is 17.2. The molecule has 1 saturated heterocycles. The quantitative estimate of drug-likeness (QED) is 0.332. The van der Waals surface area contributed by atoms with Gasteiger partial charge in [-0.2, -0.15) is 0 Å². The molecule has 3 N–H and O–H groups in total. The summed E-state index contributed by atoms with van der Waals surface area (Å²) in [4.78, 5) is 22.1. The Bertz CT molecular complexity index is 1480. The summed E-state index contributed by atoms with van der Waals surface area (Å²) in [6, 6.07) is 21.0. The molecule has 0 saturated carbocycles. The topological polar surface area (TPSA) is 91.4 Å². The van der Waals surface area contributed by atoms with Crippen molar-refractivity contribution < 1.29 is 0 Å². The number of H-pyrrole nitrogens is 1. The van der Waals surface area contributed by atoms with Crippen molar-refractivity contribution in [3.8, 4) is 33.9 Å². The second kappa shape index (κ2) is 9.27. The van der Waals surface area contributed by atoms with Gasteiger partial charge in [-0.1, -0.05) is 18.2 Å². The van der Waals surface area contributed by atoms with Crippen LogP contribution in [0.15, 0.2) is 73.2 Å². The normalized spacial score (nSPS) is 14.3. The monoisotopic (exact) mass is 461 g/mol. The van der Waals surface area contributed by atoms with E-state index in [2.05, 4.69) is 49.9 Å². The molecule has 35 heavy (non-hydrogen) atoms. The molecule has 5 aromatic rings. The summed E-state index contributed by atoms with van der Waals surface area (Å²) < 4.78 is 0. The zero-order valence-electron chi connectivity index (χ0n) is 19.6. The van der Waals surface area contributed by atoms with Gasteiger partial charge in [0.25, 0.3) is 0 Å². The predicted octanol–water partition coefficient (Wildman–Crippen LogP) is 5.22. The lowest BCUT2D eigenvalue weighted by Gasteiger charge is -2.24. The Balaban J connectivity index is 1.33. The molecule has 174 valence electrons. The summed E-state index contributed by atoms with van der Waals surface area (Å²) in [7, 11) is 0. The summed E-state index contributed by atoms with van der Waals surface area (Å²) in [6.07, 6.45) is 5.84. The van der Waals surface area contributed by atoms with Gasteiger partial charge in [-0.15, -0.1) is 0 Å². The lowest BCUT2D eigenvalue weighted by molar-refractivity contribution is 0.478. The fourth-order valence-corrected chi connectivity index (χ4v) is 4.66. The minimum absolute atomic E-state index is 0.460. The van der Waals surface area contributed by atoms with E-state index in [1.807, 2.05) is 49.5 Å². The number of benzene rings is 1. The van der Waals surface area contributed by atoms with Gasteiger partial charge in [-0.3, -0.25) is 9.97 Å². The van der Waals surface area contributed by atoms with Gasteiger partial charge in [-0.25, -0.2) is 9.97 Å². The average Bonchev–Trinajstić information content (AvgIpc) is 3.39. The summed E-state index contributed by atoms with van der Waals surface area (Å²) >= 11 is 0. The van der Waals surface area contributed by atoms with Gasteiger partial charge in [0.2, 0.25) is 0 Å². The van der Waals surface area contributed by atoms with Crippen LogP contribution in [0, 0.1) is 6.92 Å². The fourth-order valence-electron chi connectivity index (χ4n) is 4.66. The first kappa shape index (κ1) is 21.4. The van der Waals surface area contributed by atoms with Crippen molar-refractivity contribution in [2.24, 2.45) is 0 Å². The number of piperidine rings is 1. The van der Waals surface area contributed by atoms with Crippen molar-refractivity contribution >= 4 is 16.7 Å². The molecule has 4 aromatic heterocycles. The van der Waals surface area contributed by atoms with Crippen LogP contribution < -0.4 is 10.6 Å². The first-order valence-electron chi connectivity index (χ1n) is 12.1. The Morgan fingerprint density at radius 2 is 1.69 bits per heavy atom. The molecule has 1 aliphatic heterocycles. The van der Waals surface area contributed by atoms with Gasteiger partial charge >= 0.3 is 0 Å². The molecule has 1 fully saturated rings. The Morgan fingerprint density at radius 1 is 0.857 bits per heavy atom. The molecule has 1 aliphatic rings. The van der Waals surface area contributed by atoms with E-state index in [9.17, 15) is 0 Å². The van der Waals surface area contributed by atoms with Gasteiger partial charge in [-0.05, 0) is 75.3 Å². The Hall–Kier alpha value is -4.10. The molecule has 1 aromatic carbocycles. The largest absolute Gasteiger partial charge is 0.367 e. The highest BCUT2D eigenvalue weighted by atomic mass is 15.0. The van der Waals surface area contributed by atoms with Crippen molar-refractivity contribution in [2.75, 3.05) is 18.4 Å². The van der Waals surface area contributed by atoms with Crippen LogP contribution in [0.3, 0.4) is 0 Å². The Kier molecular flexibility index (Phi) is 5.68. The van der Waals surface area contributed by atoms with Gasteiger partial charge in [0, 0.05) is 34.4 Å². The number of fused-ring (bicyclic) bond motifs is 1. The molecule has 0 aliphatic carbocycles. The summed E-state index contributed by atoms with van der Waals surface area (Å²) in [5.41, 5.74) is 7.50. The zero-order chi connectivity index (χ0) is 23.6. The van der Waals surface area contributed by atoms with Gasteiger partial charge in [0.05, 0.1) is 34.6 Å². The Labute approximate surface area is 204 Å². The second-order valence-corrected chi connectivity index (χ2v) is 9.00. The highest BCUT2D eigenvalue weighted by Gasteiger charge is 2.15. The van der Waals surface area contributed by atoms with E-state index in [0.29, 0.717) is 6.04 Å². The lowest BCUT2D eigenvalue weighted by Crippen LogP contribution is -2.35. The van der Waals surface area contributed by atoms with Crippen molar-refractivity contribution in [3.05, 3.63) is 78.9 Å². The maximum atomic E-state index is 4.88. The molecule has 6 rings (SSSR count). The average molecular weight is 462 g/mol. The third-order valence-corrected chi connectivity index (χ3v) is 6.47. The number of aryl methyl sites for hydroxylation is 1. The molecule has 0 amide bonds. The number of aromatic amines is 1. The number of nitrogens with one attached hydrogen (secondary N) is 3. The van der Waals surface area contributed by atoms with Crippen molar-refractivity contribution in [2.45, 2.75) is 25.8 Å². The standard InChI is InChI=1S/C28H27N7/c1-18-4-2-6-25(33-18)28-27(31-17-32-28)19-8-9-23-20(14-19)15-21(16-30-23)24-5-3-7-26(35-24)34-22-10-12-29-13-11-22/h2-9,14-17,22,29H,10-13H2,1H3,(H,31,32)(H,34,35). The number of pyridine rings is 3. The molecule has 0 bridgehead atoms. The number of hydrogen-bond acceptors (Lipinski definition) is 6. The van der Waals surface area contributed by atoms with Crippen LogP contribution in [0.2, 0.25) is 0 Å². The number of imidazole rings is 1. The highest BCUT2D eigenvalue weighted by Crippen LogP contribution is 2.31. The maximum absolute atomic E-state index is 4.88. The molecule has 0 atom stereocenters. The molecule has 5 heterocycles. The van der Waals surface area contributed by atoms with E-state index in [0.717, 1.165) is 82.2 Å². The van der Waals surface area contributed by atoms with Gasteiger partial charge in [0.15, 0.2) is 0 Å². The molecule has 0 spiro atoms. The molecule has 0 unspecified atom stereocenters. The summed E-state index contributed by atoms with van der Waals surface area (Å²) in [6.45, 7) is 4.09. The molecule has 7 heteroatoms. The summed E-state index contributed by atoms with van der Waals surface area (Å²) in [5.74, 6) is 0.912. The van der Waals surface area contributed by atoms with Crippen LogP contribution in [-0.4, -0.2) is 44.1 Å². The third-order valence-electron chi connectivity index (χ3n) is 6.47. The van der Waals surface area contributed by atoms with Gasteiger partial charge < -0.3 is 15.6 Å². The van der Waals surface area contributed by atoms with E-state index in [4.69, 9.17) is 9.97 Å². The van der Waals surface area contributed by atoms with E-state index in [-0.39, 0.29) is 0 Å². The zero-order valence-corrected chi connectivity index (χ0v) is 19.6. The second-order valence-electron chi connectivity index (χ2n) is 9.00. The van der Waals surface area contributed by atoms with Crippen LogP contribution in [0.4, 0.5) is 5.82 Å². The first-order valence-corrected chi connectivity index (χ1v) is 12.1. The third kappa shape index (κ3) is 4.50. The SMILES string of the molecule is Cc1cccc(-c2[nH]cnc2-c2ccc3ncc(-c4cccc(NC5CCNCC5)n4)cc3c2)n1. The smallest absolute Gasteiger partial charge is 0.126 e. The number of rotatable bonds is 5. The van der Waals surface area contributed by atoms with Crippen LogP contribution in [0.25, 0.3) is 44.8 Å². The highest BCUT2D eigenvalue weighted by molar-refractivity contribution is 5.89. The van der Waals surface area contributed by atoms with Gasteiger partial charge in [0.1, 0.15) is 5.82 Å². The number of nitrogens with zero attached hydrogens (tertiary/aromatic N) is 4. The van der Waals surface area contributed by atoms with E-state index >= 15 is 0 Å². The molecule has 7 nitrogen and oxygen atoms in total. The molecule has 0 radical (unpaired) electrons. The van der Waals surface area contributed by atoms with Crippen LogP contribution in [-0.2, 0) is 0 Å². The fraction of sp³-hybridized carbons (Fsp3) is 0.214. The van der Waals surface area contributed by atoms with Crippen molar-refractivity contribution in [1.29, 1.82) is 0 Å². The van der Waals surface area contributed by atoms with Crippen LogP contribution in [0.5, 0.6) is 0 Å². The van der Waals surface area contributed by atoms with Crippen LogP contribution in [0.1, 0.15) is 18.5 Å². The van der Waals surface area contributed by atoms with Crippen molar-refractivity contribution in [3.63, 3.8) is 0 Å². The summed E-state index contributed by atoms with van der Waals surface area (Å²) in [5, 5.41) is 8.04. The minimum atomic E-state index is 0.460. The number of anilines is 1. The molecular formula is C28H27N7. The lowest BCUT2D eigenvalue weighted by atomic mass is 10.0. The van der Waals surface area contributed by atoms with Crippen molar-refractivity contribution in [1.82, 2.24) is 30.2 Å². The predicted molar refractivity (Wildman–Crippen MR) is 140 cm³/mol. The molecular weight excluding hydrogens is 434 g/mol. The van der Waals surface area contributed by atoms with E-state index in [1.54, 1.807) is 6.33 Å². The minimum Gasteiger partial charge on any atom is -0.367 e. The maximum Gasteiger partial charge on any atom is 0.126 e. The van der Waals surface area contributed by atoms with E-state index in [1.165, 1.54) is 0 Å². The Morgan fingerprint density at radius 3 is 2.57 bits per heavy atom. The number of aromatic nitrogens is 5. The number of hydrogen-bond donors (Lipinski definition) is 3. The van der Waals surface area contributed by atoms with E-state index < -0.39 is 0 Å². The van der Waals surface area contributed by atoms with Crippen LogP contribution >= 0.6 is 0 Å².